The standard InChI is InChI=1S/C18H19NO5/c20-17-11-3-1-4-12(17)8-13(7-11)18(21)23-10-14-9-16(24-19-14)15-5-2-6-22-15/h2,5-6,9,11-13H,1,3-4,7-8,10H2/t11-,12+,13?. The van der Waals surface area contributed by atoms with E-state index < -0.39 is 0 Å². The highest BCUT2D eigenvalue weighted by molar-refractivity contribution is 5.87. The molecular formula is C18H19NO5. The van der Waals surface area contributed by atoms with Gasteiger partial charge in [-0.3, -0.25) is 9.59 Å². The van der Waals surface area contributed by atoms with Gasteiger partial charge < -0.3 is 13.7 Å². The number of ketones is 1. The summed E-state index contributed by atoms with van der Waals surface area (Å²) >= 11 is 0. The summed E-state index contributed by atoms with van der Waals surface area (Å²) in [6.45, 7) is 0.0722. The van der Waals surface area contributed by atoms with Crippen LogP contribution >= 0.6 is 0 Å². The first-order valence-corrected chi connectivity index (χ1v) is 8.40. The lowest BCUT2D eigenvalue weighted by molar-refractivity contribution is -0.154. The van der Waals surface area contributed by atoms with Crippen LogP contribution in [0.4, 0.5) is 0 Å². The van der Waals surface area contributed by atoms with Crippen LogP contribution in [0.25, 0.3) is 11.5 Å². The number of carbonyl (C=O) groups is 2. The topological polar surface area (TPSA) is 82.5 Å². The zero-order valence-electron chi connectivity index (χ0n) is 13.3. The highest BCUT2D eigenvalue weighted by Crippen LogP contribution is 2.40. The highest BCUT2D eigenvalue weighted by Gasteiger charge is 2.41. The minimum Gasteiger partial charge on any atom is -0.461 e. The van der Waals surface area contributed by atoms with Gasteiger partial charge in [0.2, 0.25) is 5.76 Å². The Morgan fingerprint density at radius 3 is 2.75 bits per heavy atom. The third kappa shape index (κ3) is 2.88. The van der Waals surface area contributed by atoms with Gasteiger partial charge in [0.1, 0.15) is 18.1 Å². The summed E-state index contributed by atoms with van der Waals surface area (Å²) in [4.78, 5) is 24.4. The van der Waals surface area contributed by atoms with Crippen molar-refractivity contribution in [3.8, 4) is 11.5 Å². The second kappa shape index (κ2) is 6.26. The van der Waals surface area contributed by atoms with Crippen LogP contribution in [0, 0.1) is 17.8 Å². The number of rotatable bonds is 4. The molecule has 0 aromatic carbocycles. The molecule has 0 amide bonds. The van der Waals surface area contributed by atoms with Crippen molar-refractivity contribution in [1.29, 1.82) is 0 Å². The lowest BCUT2D eigenvalue weighted by Gasteiger charge is -2.36. The summed E-state index contributed by atoms with van der Waals surface area (Å²) in [6, 6.07) is 5.23. The molecule has 2 bridgehead atoms. The van der Waals surface area contributed by atoms with Crippen LogP contribution in [0.1, 0.15) is 37.8 Å². The van der Waals surface area contributed by atoms with E-state index >= 15 is 0 Å². The van der Waals surface area contributed by atoms with Gasteiger partial charge in [0.15, 0.2) is 5.76 Å². The summed E-state index contributed by atoms with van der Waals surface area (Å²) in [6.07, 6.45) is 5.73. The third-order valence-electron chi connectivity index (χ3n) is 5.07. The molecule has 2 aromatic rings. The summed E-state index contributed by atoms with van der Waals surface area (Å²) in [5.74, 6) is 1.13. The maximum absolute atomic E-state index is 12.3. The monoisotopic (exact) mass is 329 g/mol. The first-order valence-electron chi connectivity index (χ1n) is 8.40. The predicted molar refractivity (Wildman–Crippen MR) is 82.6 cm³/mol. The first-order chi connectivity index (χ1) is 11.7. The van der Waals surface area contributed by atoms with Crippen molar-refractivity contribution < 1.29 is 23.3 Å². The fourth-order valence-corrected chi connectivity index (χ4v) is 3.85. The molecule has 0 N–H and O–H groups in total. The molecule has 126 valence electrons. The molecule has 3 atom stereocenters. The van der Waals surface area contributed by atoms with Crippen molar-refractivity contribution in [2.45, 2.75) is 38.7 Å². The molecule has 0 saturated heterocycles. The van der Waals surface area contributed by atoms with Gasteiger partial charge >= 0.3 is 5.97 Å². The molecule has 0 spiro atoms. The molecule has 2 aromatic heterocycles. The minimum absolute atomic E-state index is 0.0488. The quantitative estimate of drug-likeness (QED) is 0.800. The van der Waals surface area contributed by atoms with Gasteiger partial charge in [-0.15, -0.1) is 0 Å². The molecule has 24 heavy (non-hydrogen) atoms. The van der Waals surface area contributed by atoms with Crippen LogP contribution < -0.4 is 0 Å². The Balaban J connectivity index is 1.34. The lowest BCUT2D eigenvalue weighted by atomic mass is 9.67. The fourth-order valence-electron chi connectivity index (χ4n) is 3.85. The lowest BCUT2D eigenvalue weighted by Crippen LogP contribution is -2.39. The summed E-state index contributed by atoms with van der Waals surface area (Å²) < 4.78 is 15.8. The summed E-state index contributed by atoms with van der Waals surface area (Å²) in [7, 11) is 0. The second-order valence-electron chi connectivity index (χ2n) is 6.66. The Morgan fingerprint density at radius 1 is 1.25 bits per heavy atom. The number of hydrogen-bond donors (Lipinski definition) is 0. The Hall–Kier alpha value is -2.37. The minimum atomic E-state index is -0.234. The number of esters is 1. The molecule has 2 aliphatic rings. The van der Waals surface area contributed by atoms with E-state index in [9.17, 15) is 9.59 Å². The molecule has 6 heteroatoms. The van der Waals surface area contributed by atoms with Crippen LogP contribution in [0.5, 0.6) is 0 Å². The van der Waals surface area contributed by atoms with Crippen LogP contribution in [0.3, 0.4) is 0 Å². The normalized spacial score (nSPS) is 26.3. The van der Waals surface area contributed by atoms with Gasteiger partial charge in [0.05, 0.1) is 12.2 Å². The number of ether oxygens (including phenoxy) is 1. The van der Waals surface area contributed by atoms with E-state index in [4.69, 9.17) is 13.7 Å². The van der Waals surface area contributed by atoms with E-state index in [-0.39, 0.29) is 30.3 Å². The van der Waals surface area contributed by atoms with Gasteiger partial charge in [0, 0.05) is 17.9 Å². The molecule has 6 nitrogen and oxygen atoms in total. The fraction of sp³-hybridized carbons (Fsp3) is 0.500. The van der Waals surface area contributed by atoms with Gasteiger partial charge in [-0.2, -0.15) is 0 Å². The molecule has 2 fully saturated rings. The van der Waals surface area contributed by atoms with E-state index in [1.807, 2.05) is 0 Å². The zero-order chi connectivity index (χ0) is 16.5. The van der Waals surface area contributed by atoms with Crippen LogP contribution in [0.2, 0.25) is 0 Å². The van der Waals surface area contributed by atoms with Crippen LogP contribution in [-0.2, 0) is 20.9 Å². The Labute approximate surface area is 139 Å². The van der Waals surface area contributed by atoms with Crippen LogP contribution in [0.15, 0.2) is 33.4 Å². The summed E-state index contributed by atoms with van der Waals surface area (Å²) in [5.41, 5.74) is 0.543. The van der Waals surface area contributed by atoms with Crippen molar-refractivity contribution in [2.24, 2.45) is 17.8 Å². The Morgan fingerprint density at radius 2 is 2.04 bits per heavy atom. The number of fused-ring (bicyclic) bond motifs is 2. The van der Waals surface area contributed by atoms with Gasteiger partial charge in [-0.25, -0.2) is 0 Å². The maximum Gasteiger partial charge on any atom is 0.309 e. The van der Waals surface area contributed by atoms with E-state index in [0.717, 1.165) is 19.3 Å². The van der Waals surface area contributed by atoms with Crippen molar-refractivity contribution in [2.75, 3.05) is 0 Å². The molecule has 1 unspecified atom stereocenters. The van der Waals surface area contributed by atoms with E-state index in [1.54, 1.807) is 24.5 Å². The van der Waals surface area contributed by atoms with Crippen LogP contribution in [-0.4, -0.2) is 16.9 Å². The average Bonchev–Trinajstić information content (AvgIpc) is 3.23. The number of aromatic nitrogens is 1. The molecular weight excluding hydrogens is 310 g/mol. The van der Waals surface area contributed by atoms with E-state index in [0.29, 0.717) is 35.8 Å². The molecule has 0 radical (unpaired) electrons. The van der Waals surface area contributed by atoms with E-state index in [2.05, 4.69) is 5.16 Å². The van der Waals surface area contributed by atoms with E-state index in [1.165, 1.54) is 0 Å². The highest BCUT2D eigenvalue weighted by atomic mass is 16.5. The smallest absolute Gasteiger partial charge is 0.309 e. The number of nitrogens with zero attached hydrogens (tertiary/aromatic N) is 1. The molecule has 2 heterocycles. The first kappa shape index (κ1) is 15.2. The molecule has 2 aliphatic carbocycles. The van der Waals surface area contributed by atoms with Crippen molar-refractivity contribution >= 4 is 11.8 Å². The molecule has 0 aliphatic heterocycles. The van der Waals surface area contributed by atoms with Gasteiger partial charge in [-0.1, -0.05) is 11.6 Å². The Bertz CT molecular complexity index is 716. The third-order valence-corrected chi connectivity index (χ3v) is 5.07. The van der Waals surface area contributed by atoms with Crippen molar-refractivity contribution in [3.05, 3.63) is 30.2 Å². The number of hydrogen-bond acceptors (Lipinski definition) is 6. The molecule has 2 saturated carbocycles. The second-order valence-corrected chi connectivity index (χ2v) is 6.66. The SMILES string of the molecule is O=C(OCc1cc(-c2ccco2)on1)C1C[C@H]2CCC[C@@H](C1)C2=O. The maximum atomic E-state index is 12.3. The van der Waals surface area contributed by atoms with Crippen molar-refractivity contribution in [1.82, 2.24) is 5.16 Å². The van der Waals surface area contributed by atoms with Crippen molar-refractivity contribution in [3.63, 3.8) is 0 Å². The molecule has 4 rings (SSSR count). The number of furan rings is 1. The number of carbonyl (C=O) groups excluding carboxylic acids is 2. The predicted octanol–water partition coefficient (Wildman–Crippen LogP) is 3.37. The largest absolute Gasteiger partial charge is 0.461 e. The average molecular weight is 329 g/mol. The van der Waals surface area contributed by atoms with Gasteiger partial charge in [0.25, 0.3) is 0 Å². The summed E-state index contributed by atoms with van der Waals surface area (Å²) in [5, 5.41) is 3.89. The zero-order valence-corrected chi connectivity index (χ0v) is 13.3. The van der Waals surface area contributed by atoms with Gasteiger partial charge in [-0.05, 0) is 37.8 Å². The number of Topliss-reactive ketones (excluding diaryl/α,β-unsaturated/α-hetero) is 1. The Kier molecular flexibility index (Phi) is 3.96.